The van der Waals surface area contributed by atoms with E-state index in [9.17, 15) is 10.1 Å². The van der Waals surface area contributed by atoms with Crippen molar-refractivity contribution >= 4 is 24.4 Å². The Kier molecular flexibility index (Phi) is 4.05. The van der Waals surface area contributed by atoms with Crippen molar-refractivity contribution in [3.8, 4) is 0 Å². The molecule has 0 bridgehead atoms. The number of nitrogens with two attached hydrogens (primary N) is 1. The zero-order chi connectivity index (χ0) is 16.0. The Morgan fingerprint density at radius 1 is 1.29 bits per heavy atom. The van der Waals surface area contributed by atoms with Gasteiger partial charge in [0.05, 0.1) is 22.1 Å². The molecule has 0 aliphatic carbocycles. The maximum atomic E-state index is 10.9. The highest BCUT2D eigenvalue weighted by molar-refractivity contribution is 6.47. The Morgan fingerprint density at radius 2 is 1.81 bits per heavy atom. The van der Waals surface area contributed by atoms with Crippen molar-refractivity contribution in [2.45, 2.75) is 44.8 Å². The van der Waals surface area contributed by atoms with E-state index in [1.807, 2.05) is 27.7 Å². The van der Waals surface area contributed by atoms with Gasteiger partial charge in [-0.25, -0.2) is 0 Å². The fourth-order valence-corrected chi connectivity index (χ4v) is 2.26. The van der Waals surface area contributed by atoms with Crippen LogP contribution >= 0.6 is 11.6 Å². The minimum absolute atomic E-state index is 0.0740. The number of rotatable bonds is 3. The second-order valence-electron chi connectivity index (χ2n) is 6.12. The molecule has 1 atom stereocenters. The van der Waals surface area contributed by atoms with Gasteiger partial charge in [0.1, 0.15) is 5.02 Å². The third-order valence-electron chi connectivity index (χ3n) is 4.12. The van der Waals surface area contributed by atoms with Gasteiger partial charge in [0.25, 0.3) is 5.69 Å². The Labute approximate surface area is 128 Å². The molecule has 0 unspecified atom stereocenters. The molecule has 0 aromatic heterocycles. The van der Waals surface area contributed by atoms with Gasteiger partial charge < -0.3 is 15.0 Å². The van der Waals surface area contributed by atoms with E-state index >= 15 is 0 Å². The van der Waals surface area contributed by atoms with Gasteiger partial charge in [-0.05, 0) is 39.3 Å². The number of nitrogens with zero attached hydrogens (tertiary/aromatic N) is 1. The van der Waals surface area contributed by atoms with Crippen molar-refractivity contribution in [3.63, 3.8) is 0 Å². The first kappa shape index (κ1) is 16.2. The smallest absolute Gasteiger partial charge is 0.402 e. The second-order valence-corrected chi connectivity index (χ2v) is 6.53. The molecule has 1 fully saturated rings. The lowest BCUT2D eigenvalue weighted by Crippen LogP contribution is -2.41. The maximum absolute atomic E-state index is 10.9. The molecule has 2 rings (SSSR count). The van der Waals surface area contributed by atoms with Crippen LogP contribution in [-0.4, -0.2) is 23.2 Å². The molecule has 0 spiro atoms. The normalized spacial score (nSPS) is 21.3. The predicted molar refractivity (Wildman–Crippen MR) is 81.1 cm³/mol. The van der Waals surface area contributed by atoms with Crippen LogP contribution in [0, 0.1) is 10.1 Å². The first-order chi connectivity index (χ1) is 9.55. The number of halogens is 1. The van der Waals surface area contributed by atoms with Gasteiger partial charge in [0.15, 0.2) is 0 Å². The Morgan fingerprint density at radius 3 is 2.29 bits per heavy atom. The summed E-state index contributed by atoms with van der Waals surface area (Å²) in [4.78, 5) is 10.4. The molecule has 6 nitrogen and oxygen atoms in total. The highest BCUT2D eigenvalue weighted by Crippen LogP contribution is 2.40. The lowest BCUT2D eigenvalue weighted by atomic mass is 9.75. The van der Waals surface area contributed by atoms with Gasteiger partial charge in [-0.1, -0.05) is 17.7 Å². The molecule has 114 valence electrons. The number of hydrogen-bond acceptors (Lipinski definition) is 5. The van der Waals surface area contributed by atoms with Crippen LogP contribution in [0.5, 0.6) is 0 Å². The molecule has 1 aliphatic heterocycles. The lowest BCUT2D eigenvalue weighted by Gasteiger charge is -2.32. The van der Waals surface area contributed by atoms with Gasteiger partial charge in [-0.2, -0.15) is 0 Å². The molecule has 1 aromatic carbocycles. The van der Waals surface area contributed by atoms with Gasteiger partial charge >= 0.3 is 7.12 Å². The molecule has 21 heavy (non-hydrogen) atoms. The fourth-order valence-electron chi connectivity index (χ4n) is 2.07. The fraction of sp³-hybridized carbons (Fsp3) is 0.538. The number of hydrogen-bond donors (Lipinski definition) is 1. The summed E-state index contributed by atoms with van der Waals surface area (Å²) in [5.41, 5.74) is 5.50. The van der Waals surface area contributed by atoms with Crippen LogP contribution < -0.4 is 5.73 Å². The molecular weight excluding hydrogens is 294 g/mol. The topological polar surface area (TPSA) is 87.6 Å². The summed E-state index contributed by atoms with van der Waals surface area (Å²) in [5.74, 6) is -0.637. The zero-order valence-corrected chi connectivity index (χ0v) is 13.2. The van der Waals surface area contributed by atoms with E-state index in [1.165, 1.54) is 12.1 Å². The summed E-state index contributed by atoms with van der Waals surface area (Å²) < 4.78 is 11.7. The standard InChI is InChI=1S/C13H18BClN2O4/c1-12(2)13(3,4)21-14(20-12)11(16)8-5-6-9(15)10(7-8)17(18)19/h5-7,11H,16H2,1-4H3/t11-/m1/s1. The van der Waals surface area contributed by atoms with Crippen molar-refractivity contribution in [1.82, 2.24) is 0 Å². The van der Waals surface area contributed by atoms with E-state index in [0.29, 0.717) is 5.56 Å². The average molecular weight is 313 g/mol. The third kappa shape index (κ3) is 2.92. The van der Waals surface area contributed by atoms with Crippen LogP contribution in [-0.2, 0) is 9.31 Å². The van der Waals surface area contributed by atoms with E-state index < -0.39 is 29.2 Å². The van der Waals surface area contributed by atoms with E-state index in [-0.39, 0.29) is 10.7 Å². The molecule has 1 aromatic rings. The molecule has 0 amide bonds. The maximum Gasteiger partial charge on any atom is 0.480 e. The minimum Gasteiger partial charge on any atom is -0.402 e. The molecule has 0 saturated carbocycles. The predicted octanol–water partition coefficient (Wildman–Crippen LogP) is 2.88. The van der Waals surface area contributed by atoms with Crippen molar-refractivity contribution in [1.29, 1.82) is 0 Å². The lowest BCUT2D eigenvalue weighted by molar-refractivity contribution is -0.384. The quantitative estimate of drug-likeness (QED) is 0.527. The highest BCUT2D eigenvalue weighted by Gasteiger charge is 2.53. The molecule has 8 heteroatoms. The van der Waals surface area contributed by atoms with Gasteiger partial charge in [-0.15, -0.1) is 0 Å². The molecule has 1 heterocycles. The minimum atomic E-state index is -0.671. The van der Waals surface area contributed by atoms with Gasteiger partial charge in [0, 0.05) is 6.07 Å². The summed E-state index contributed by atoms with van der Waals surface area (Å²) >= 11 is 5.80. The van der Waals surface area contributed by atoms with E-state index in [4.69, 9.17) is 26.6 Å². The largest absolute Gasteiger partial charge is 0.480 e. The van der Waals surface area contributed by atoms with Gasteiger partial charge in [-0.3, -0.25) is 10.1 Å². The molecule has 1 aliphatic rings. The molecule has 0 radical (unpaired) electrons. The van der Waals surface area contributed by atoms with E-state index in [0.717, 1.165) is 0 Å². The molecule has 1 saturated heterocycles. The summed E-state index contributed by atoms with van der Waals surface area (Å²) in [7, 11) is -0.671. The van der Waals surface area contributed by atoms with Crippen molar-refractivity contribution in [2.24, 2.45) is 5.73 Å². The van der Waals surface area contributed by atoms with Crippen LogP contribution in [0.3, 0.4) is 0 Å². The Bertz CT molecular complexity index is 563. The van der Waals surface area contributed by atoms with E-state index in [1.54, 1.807) is 6.07 Å². The summed E-state index contributed by atoms with van der Waals surface area (Å²) in [6, 6.07) is 4.46. The third-order valence-corrected chi connectivity index (χ3v) is 4.44. The second kappa shape index (κ2) is 5.24. The van der Waals surface area contributed by atoms with Crippen molar-refractivity contribution in [3.05, 3.63) is 38.9 Å². The number of nitro groups is 1. The monoisotopic (exact) mass is 312 g/mol. The van der Waals surface area contributed by atoms with Crippen molar-refractivity contribution in [2.75, 3.05) is 0 Å². The summed E-state index contributed by atoms with van der Waals surface area (Å²) in [5, 5.41) is 11.0. The average Bonchev–Trinajstić information content (AvgIpc) is 2.58. The van der Waals surface area contributed by atoms with Crippen LogP contribution in [0.1, 0.15) is 39.2 Å². The van der Waals surface area contributed by atoms with Crippen LogP contribution in [0.15, 0.2) is 18.2 Å². The van der Waals surface area contributed by atoms with Crippen LogP contribution in [0.2, 0.25) is 5.02 Å². The summed E-state index contributed by atoms with van der Waals surface area (Å²) in [6.07, 6.45) is 0. The first-order valence-electron chi connectivity index (χ1n) is 6.60. The van der Waals surface area contributed by atoms with Gasteiger partial charge in [0.2, 0.25) is 0 Å². The van der Waals surface area contributed by atoms with Crippen molar-refractivity contribution < 1.29 is 14.2 Å². The SMILES string of the molecule is CC1(C)OB([C@H](N)c2ccc(Cl)c([N+](=O)[O-])c2)OC1(C)C. The highest BCUT2D eigenvalue weighted by atomic mass is 35.5. The Hall–Kier alpha value is -1.15. The summed E-state index contributed by atoms with van der Waals surface area (Å²) in [6.45, 7) is 7.68. The van der Waals surface area contributed by atoms with E-state index in [2.05, 4.69) is 0 Å². The zero-order valence-electron chi connectivity index (χ0n) is 12.4. The first-order valence-corrected chi connectivity index (χ1v) is 6.98. The molecular formula is C13H18BClN2O4. The Balaban J connectivity index is 2.28. The molecule has 2 N–H and O–H groups in total. The van der Waals surface area contributed by atoms with Crippen LogP contribution in [0.4, 0.5) is 5.69 Å². The van der Waals surface area contributed by atoms with Crippen LogP contribution in [0.25, 0.3) is 0 Å². The number of benzene rings is 1. The number of nitro benzene ring substituents is 1.